The van der Waals surface area contributed by atoms with Gasteiger partial charge in [0.05, 0.1) is 17.8 Å². The Hall–Kier alpha value is -2.63. The number of H-pyrrole nitrogens is 1. The van der Waals surface area contributed by atoms with Crippen molar-refractivity contribution in [2.45, 2.75) is 13.0 Å². The fourth-order valence-electron chi connectivity index (χ4n) is 2.68. The number of carbonyl (C=O) groups excluding carboxylic acids is 1. The van der Waals surface area contributed by atoms with Crippen LogP contribution in [0.4, 0.5) is 5.69 Å². The molecule has 22 heavy (non-hydrogen) atoms. The van der Waals surface area contributed by atoms with Crippen LogP contribution in [0.5, 0.6) is 0 Å². The number of amides is 1. The molecule has 0 radical (unpaired) electrons. The van der Waals surface area contributed by atoms with Crippen molar-refractivity contribution in [3.8, 4) is 0 Å². The molecule has 1 unspecified atom stereocenters. The van der Waals surface area contributed by atoms with Crippen molar-refractivity contribution < 1.29 is 4.79 Å². The van der Waals surface area contributed by atoms with Crippen LogP contribution in [0.3, 0.4) is 0 Å². The summed E-state index contributed by atoms with van der Waals surface area (Å²) in [5.41, 5.74) is 1.63. The monoisotopic (exact) mass is 298 g/mol. The molecule has 3 rings (SSSR count). The average molecular weight is 298 g/mol. The maximum absolute atomic E-state index is 12.2. The highest BCUT2D eigenvalue weighted by atomic mass is 16.2. The highest BCUT2D eigenvalue weighted by Gasteiger charge is 2.28. The number of nitrogens with zero attached hydrogens (tertiary/aromatic N) is 2. The Labute approximate surface area is 128 Å². The van der Waals surface area contributed by atoms with Gasteiger partial charge in [0.1, 0.15) is 0 Å². The van der Waals surface area contributed by atoms with E-state index in [0.717, 1.165) is 24.2 Å². The number of carbonyl (C=O) groups is 1. The Balaban J connectivity index is 1.56. The van der Waals surface area contributed by atoms with E-state index < -0.39 is 0 Å². The largest absolute Gasteiger partial charge is 0.369 e. The number of aromatic amines is 1. The van der Waals surface area contributed by atoms with Crippen LogP contribution in [0.2, 0.25) is 0 Å². The first-order chi connectivity index (χ1) is 10.7. The number of benzene rings is 1. The van der Waals surface area contributed by atoms with E-state index >= 15 is 0 Å². The average Bonchev–Trinajstić information content (AvgIpc) is 3.04. The lowest BCUT2D eigenvalue weighted by molar-refractivity contribution is -0.124. The van der Waals surface area contributed by atoms with E-state index in [-0.39, 0.29) is 17.4 Å². The van der Waals surface area contributed by atoms with Crippen LogP contribution < -0.4 is 15.8 Å². The third-order valence-electron chi connectivity index (χ3n) is 3.88. The standard InChI is InChI=1S/C16H18N4O2/c21-15-8-14(10-18-19-15)20-7-6-13(11-20)16(22)17-9-12-4-2-1-3-5-12/h1-5,8,10,13H,6-7,9,11H2,(H,17,22)(H,19,21). The van der Waals surface area contributed by atoms with Gasteiger partial charge in [-0.2, -0.15) is 5.10 Å². The van der Waals surface area contributed by atoms with Crippen LogP contribution in [-0.4, -0.2) is 29.2 Å². The van der Waals surface area contributed by atoms with Gasteiger partial charge in [0.2, 0.25) is 5.91 Å². The number of hydrogen-bond acceptors (Lipinski definition) is 4. The Kier molecular flexibility index (Phi) is 4.18. The molecule has 0 spiro atoms. The van der Waals surface area contributed by atoms with Crippen molar-refractivity contribution in [3.05, 3.63) is 58.5 Å². The second-order valence-corrected chi connectivity index (χ2v) is 5.44. The Morgan fingerprint density at radius 1 is 1.36 bits per heavy atom. The molecule has 1 saturated heterocycles. The van der Waals surface area contributed by atoms with Crippen molar-refractivity contribution in [1.82, 2.24) is 15.5 Å². The minimum absolute atomic E-state index is 0.0528. The second-order valence-electron chi connectivity index (χ2n) is 5.44. The first-order valence-electron chi connectivity index (χ1n) is 7.34. The third kappa shape index (κ3) is 3.33. The van der Waals surface area contributed by atoms with Crippen molar-refractivity contribution in [1.29, 1.82) is 0 Å². The molecule has 1 aliphatic heterocycles. The van der Waals surface area contributed by atoms with Crippen LogP contribution in [0.25, 0.3) is 0 Å². The van der Waals surface area contributed by atoms with E-state index in [4.69, 9.17) is 0 Å². The molecule has 1 fully saturated rings. The predicted octanol–water partition coefficient (Wildman–Crippen LogP) is 0.913. The van der Waals surface area contributed by atoms with E-state index in [9.17, 15) is 9.59 Å². The van der Waals surface area contributed by atoms with Crippen molar-refractivity contribution in [2.75, 3.05) is 18.0 Å². The summed E-state index contributed by atoms with van der Waals surface area (Å²) in [7, 11) is 0. The molecular formula is C16H18N4O2. The molecule has 2 N–H and O–H groups in total. The molecule has 1 atom stereocenters. The van der Waals surface area contributed by atoms with Gasteiger partial charge in [-0.25, -0.2) is 5.10 Å². The maximum atomic E-state index is 12.2. The van der Waals surface area contributed by atoms with Crippen LogP contribution in [-0.2, 0) is 11.3 Å². The molecule has 2 aromatic rings. The Bertz CT molecular complexity index is 699. The molecule has 2 heterocycles. The van der Waals surface area contributed by atoms with Gasteiger partial charge in [0.15, 0.2) is 0 Å². The number of aromatic nitrogens is 2. The summed E-state index contributed by atoms with van der Waals surface area (Å²) in [5, 5.41) is 9.13. The van der Waals surface area contributed by atoms with Crippen molar-refractivity contribution in [2.24, 2.45) is 5.92 Å². The Morgan fingerprint density at radius 2 is 2.18 bits per heavy atom. The smallest absolute Gasteiger partial charge is 0.266 e. The molecule has 6 heteroatoms. The topological polar surface area (TPSA) is 78.1 Å². The van der Waals surface area contributed by atoms with Crippen LogP contribution in [0.1, 0.15) is 12.0 Å². The zero-order valence-corrected chi connectivity index (χ0v) is 12.2. The van der Waals surface area contributed by atoms with E-state index in [2.05, 4.69) is 15.5 Å². The second kappa shape index (κ2) is 6.43. The molecule has 0 bridgehead atoms. The van der Waals surface area contributed by atoms with Crippen LogP contribution in [0.15, 0.2) is 47.4 Å². The predicted molar refractivity (Wildman–Crippen MR) is 83.5 cm³/mol. The lowest BCUT2D eigenvalue weighted by atomic mass is 10.1. The molecule has 1 amide bonds. The molecule has 0 saturated carbocycles. The number of rotatable bonds is 4. The van der Waals surface area contributed by atoms with E-state index in [0.29, 0.717) is 13.1 Å². The van der Waals surface area contributed by atoms with Gasteiger partial charge in [0.25, 0.3) is 5.56 Å². The number of anilines is 1. The SMILES string of the molecule is O=C(NCc1ccccc1)C1CCN(c2cn[nH]c(=O)c2)C1. The van der Waals surface area contributed by atoms with Gasteiger partial charge in [0, 0.05) is 25.7 Å². The van der Waals surface area contributed by atoms with Gasteiger partial charge in [-0.05, 0) is 12.0 Å². The van der Waals surface area contributed by atoms with E-state index in [1.54, 1.807) is 6.20 Å². The van der Waals surface area contributed by atoms with E-state index in [1.807, 2.05) is 35.2 Å². The Morgan fingerprint density at radius 3 is 2.95 bits per heavy atom. The molecule has 1 aliphatic rings. The summed E-state index contributed by atoms with van der Waals surface area (Å²) in [5.74, 6) is 0.00662. The van der Waals surface area contributed by atoms with Gasteiger partial charge in [-0.1, -0.05) is 30.3 Å². The quantitative estimate of drug-likeness (QED) is 0.879. The number of nitrogens with one attached hydrogen (secondary N) is 2. The first kappa shape index (κ1) is 14.3. The lowest BCUT2D eigenvalue weighted by Gasteiger charge is -2.17. The highest BCUT2D eigenvalue weighted by molar-refractivity contribution is 5.80. The maximum Gasteiger partial charge on any atom is 0.266 e. The van der Waals surface area contributed by atoms with Crippen molar-refractivity contribution >= 4 is 11.6 Å². The summed E-state index contributed by atoms with van der Waals surface area (Å²) in [6.45, 7) is 1.92. The molecule has 114 valence electrons. The lowest BCUT2D eigenvalue weighted by Crippen LogP contribution is -2.32. The number of hydrogen-bond donors (Lipinski definition) is 2. The molecular weight excluding hydrogens is 280 g/mol. The summed E-state index contributed by atoms with van der Waals surface area (Å²) in [6.07, 6.45) is 2.40. The van der Waals surface area contributed by atoms with Gasteiger partial charge in [-0.3, -0.25) is 9.59 Å². The molecule has 1 aromatic heterocycles. The zero-order chi connectivity index (χ0) is 15.4. The first-order valence-corrected chi connectivity index (χ1v) is 7.34. The van der Waals surface area contributed by atoms with E-state index in [1.165, 1.54) is 6.07 Å². The van der Waals surface area contributed by atoms with Crippen molar-refractivity contribution in [3.63, 3.8) is 0 Å². The fraction of sp³-hybridized carbons (Fsp3) is 0.312. The normalized spacial score (nSPS) is 17.5. The minimum Gasteiger partial charge on any atom is -0.369 e. The molecule has 1 aromatic carbocycles. The fourth-order valence-corrected chi connectivity index (χ4v) is 2.68. The third-order valence-corrected chi connectivity index (χ3v) is 3.88. The summed E-state index contributed by atoms with van der Waals surface area (Å²) in [6, 6.07) is 11.4. The highest BCUT2D eigenvalue weighted by Crippen LogP contribution is 2.22. The summed E-state index contributed by atoms with van der Waals surface area (Å²) < 4.78 is 0. The minimum atomic E-state index is -0.227. The summed E-state index contributed by atoms with van der Waals surface area (Å²) in [4.78, 5) is 25.6. The molecule has 6 nitrogen and oxygen atoms in total. The van der Waals surface area contributed by atoms with Crippen LogP contribution >= 0.6 is 0 Å². The van der Waals surface area contributed by atoms with Gasteiger partial charge >= 0.3 is 0 Å². The summed E-state index contributed by atoms with van der Waals surface area (Å²) >= 11 is 0. The van der Waals surface area contributed by atoms with Crippen LogP contribution in [0, 0.1) is 5.92 Å². The molecule has 0 aliphatic carbocycles. The van der Waals surface area contributed by atoms with Gasteiger partial charge in [-0.15, -0.1) is 0 Å². The van der Waals surface area contributed by atoms with Gasteiger partial charge < -0.3 is 10.2 Å². The zero-order valence-electron chi connectivity index (χ0n) is 12.2.